The van der Waals surface area contributed by atoms with Gasteiger partial charge in [0.25, 0.3) is 0 Å². The molecule has 4 nitrogen and oxygen atoms in total. The number of nitrogens with zero attached hydrogens (tertiary/aromatic N) is 1. The number of hydrogen-bond donors (Lipinski definition) is 2. The minimum Gasteiger partial charge on any atom is -0.381 e. The molecule has 1 aromatic heterocycles. The molecule has 0 spiro atoms. The van der Waals surface area contributed by atoms with Crippen molar-refractivity contribution in [3.63, 3.8) is 0 Å². The van der Waals surface area contributed by atoms with E-state index in [4.69, 9.17) is 10.6 Å². The Morgan fingerprint density at radius 2 is 2.67 bits per heavy atom. The second-order valence-corrected chi connectivity index (χ2v) is 3.64. The standard InChI is InChI=1S/C7H11N3OS/c8-10-7-9-6(4-12-7)5-1-2-11-3-5/h4-5H,1-3,8H2,(H,9,10). The number of ether oxygens (including phenoxy) is 1. The number of rotatable bonds is 2. The fourth-order valence-electron chi connectivity index (χ4n) is 1.31. The number of hydrogen-bond acceptors (Lipinski definition) is 5. The van der Waals surface area contributed by atoms with Crippen LogP contribution in [0.5, 0.6) is 0 Å². The van der Waals surface area contributed by atoms with Gasteiger partial charge in [-0.05, 0) is 6.42 Å². The van der Waals surface area contributed by atoms with E-state index in [1.807, 2.05) is 5.38 Å². The molecule has 5 heteroatoms. The van der Waals surface area contributed by atoms with Crippen molar-refractivity contribution in [2.45, 2.75) is 12.3 Å². The number of nitrogens with one attached hydrogen (secondary N) is 1. The van der Waals surface area contributed by atoms with Gasteiger partial charge in [0.15, 0.2) is 5.13 Å². The van der Waals surface area contributed by atoms with Crippen molar-refractivity contribution < 1.29 is 4.74 Å². The van der Waals surface area contributed by atoms with E-state index in [-0.39, 0.29) is 0 Å². The van der Waals surface area contributed by atoms with Crippen LogP contribution in [0.2, 0.25) is 0 Å². The van der Waals surface area contributed by atoms with Gasteiger partial charge in [0.05, 0.1) is 12.3 Å². The van der Waals surface area contributed by atoms with Crippen molar-refractivity contribution in [2.24, 2.45) is 5.84 Å². The van der Waals surface area contributed by atoms with Crippen LogP contribution >= 0.6 is 11.3 Å². The fourth-order valence-corrected chi connectivity index (χ4v) is 2.01. The third kappa shape index (κ3) is 1.43. The maximum Gasteiger partial charge on any atom is 0.197 e. The van der Waals surface area contributed by atoms with E-state index in [9.17, 15) is 0 Å². The summed E-state index contributed by atoms with van der Waals surface area (Å²) in [5.74, 6) is 5.70. The number of nitrogens with two attached hydrogens (primary N) is 1. The Hall–Kier alpha value is -0.650. The number of thiazole rings is 1. The van der Waals surface area contributed by atoms with Crippen LogP contribution in [0.15, 0.2) is 5.38 Å². The van der Waals surface area contributed by atoms with E-state index in [0.29, 0.717) is 5.92 Å². The van der Waals surface area contributed by atoms with Crippen LogP contribution in [0.3, 0.4) is 0 Å². The van der Waals surface area contributed by atoms with Gasteiger partial charge in [0.2, 0.25) is 0 Å². The van der Waals surface area contributed by atoms with Gasteiger partial charge in [-0.2, -0.15) is 0 Å². The van der Waals surface area contributed by atoms with Crippen LogP contribution in [0.1, 0.15) is 18.0 Å². The van der Waals surface area contributed by atoms with Crippen molar-refractivity contribution in [1.29, 1.82) is 0 Å². The Bertz CT molecular complexity index is 257. The van der Waals surface area contributed by atoms with Gasteiger partial charge >= 0.3 is 0 Å². The summed E-state index contributed by atoms with van der Waals surface area (Å²) < 4.78 is 5.27. The molecule has 0 aromatic carbocycles. The first-order chi connectivity index (χ1) is 5.90. The van der Waals surface area contributed by atoms with Crippen LogP contribution in [-0.4, -0.2) is 18.2 Å². The van der Waals surface area contributed by atoms with Crippen molar-refractivity contribution in [3.05, 3.63) is 11.1 Å². The van der Waals surface area contributed by atoms with Crippen LogP contribution in [0, 0.1) is 0 Å². The Kier molecular flexibility index (Phi) is 2.25. The highest BCUT2D eigenvalue weighted by Gasteiger charge is 2.19. The molecule has 1 saturated heterocycles. The lowest BCUT2D eigenvalue weighted by molar-refractivity contribution is 0.193. The first-order valence-electron chi connectivity index (χ1n) is 3.90. The Morgan fingerprint density at radius 1 is 1.75 bits per heavy atom. The lowest BCUT2D eigenvalue weighted by atomic mass is 10.1. The lowest BCUT2D eigenvalue weighted by Gasteiger charge is -2.00. The van der Waals surface area contributed by atoms with Gasteiger partial charge in [0.1, 0.15) is 0 Å². The molecule has 1 aromatic rings. The van der Waals surface area contributed by atoms with Crippen LogP contribution in [-0.2, 0) is 4.74 Å². The predicted molar refractivity (Wildman–Crippen MR) is 48.1 cm³/mol. The average molecular weight is 185 g/mol. The van der Waals surface area contributed by atoms with Gasteiger partial charge in [-0.1, -0.05) is 0 Å². The molecule has 3 N–H and O–H groups in total. The van der Waals surface area contributed by atoms with E-state index in [0.717, 1.165) is 30.5 Å². The Balaban J connectivity index is 2.11. The summed E-state index contributed by atoms with van der Waals surface area (Å²) in [5, 5.41) is 2.81. The van der Waals surface area contributed by atoms with E-state index < -0.39 is 0 Å². The number of nitrogen functional groups attached to an aromatic ring is 1. The molecule has 1 fully saturated rings. The highest BCUT2D eigenvalue weighted by molar-refractivity contribution is 7.13. The molecule has 0 saturated carbocycles. The average Bonchev–Trinajstić information content (AvgIpc) is 2.75. The molecule has 1 aliphatic rings. The molecule has 12 heavy (non-hydrogen) atoms. The van der Waals surface area contributed by atoms with Crippen LogP contribution in [0.25, 0.3) is 0 Å². The molecule has 0 aliphatic carbocycles. The van der Waals surface area contributed by atoms with Crippen molar-refractivity contribution in [3.8, 4) is 0 Å². The summed E-state index contributed by atoms with van der Waals surface area (Å²) in [5.41, 5.74) is 3.64. The van der Waals surface area contributed by atoms with Crippen molar-refractivity contribution in [2.75, 3.05) is 18.6 Å². The molecule has 1 unspecified atom stereocenters. The van der Waals surface area contributed by atoms with Gasteiger partial charge in [0, 0.05) is 17.9 Å². The molecule has 0 bridgehead atoms. The van der Waals surface area contributed by atoms with E-state index in [2.05, 4.69) is 10.4 Å². The maximum atomic E-state index is 5.27. The number of aromatic nitrogens is 1. The first-order valence-corrected chi connectivity index (χ1v) is 4.78. The number of hydrazine groups is 1. The molecular weight excluding hydrogens is 174 g/mol. The van der Waals surface area contributed by atoms with Gasteiger partial charge in [-0.3, -0.25) is 5.43 Å². The monoisotopic (exact) mass is 185 g/mol. The van der Waals surface area contributed by atoms with Crippen molar-refractivity contribution >= 4 is 16.5 Å². The summed E-state index contributed by atoms with van der Waals surface area (Å²) in [6, 6.07) is 0. The Labute approximate surface area is 74.7 Å². The zero-order valence-electron chi connectivity index (χ0n) is 6.62. The SMILES string of the molecule is NNc1nc(C2CCOC2)cs1. The fraction of sp³-hybridized carbons (Fsp3) is 0.571. The molecule has 1 aliphatic heterocycles. The predicted octanol–water partition coefficient (Wildman–Crippen LogP) is 0.933. The van der Waals surface area contributed by atoms with Crippen LogP contribution in [0.4, 0.5) is 5.13 Å². The van der Waals surface area contributed by atoms with Gasteiger partial charge in [-0.15, -0.1) is 11.3 Å². The molecule has 2 rings (SSSR count). The van der Waals surface area contributed by atoms with Crippen molar-refractivity contribution in [1.82, 2.24) is 4.98 Å². The molecule has 0 radical (unpaired) electrons. The Morgan fingerprint density at radius 3 is 3.25 bits per heavy atom. The topological polar surface area (TPSA) is 60.2 Å². The third-order valence-electron chi connectivity index (χ3n) is 1.99. The zero-order chi connectivity index (χ0) is 8.39. The van der Waals surface area contributed by atoms with E-state index >= 15 is 0 Å². The summed E-state index contributed by atoms with van der Waals surface area (Å²) >= 11 is 1.53. The summed E-state index contributed by atoms with van der Waals surface area (Å²) in [6.07, 6.45) is 1.08. The number of anilines is 1. The maximum absolute atomic E-state index is 5.27. The second-order valence-electron chi connectivity index (χ2n) is 2.78. The molecular formula is C7H11N3OS. The molecule has 1 atom stereocenters. The highest BCUT2D eigenvalue weighted by atomic mass is 32.1. The normalized spacial score (nSPS) is 22.9. The summed E-state index contributed by atoms with van der Waals surface area (Å²) in [6.45, 7) is 1.65. The van der Waals surface area contributed by atoms with E-state index in [1.54, 1.807) is 0 Å². The van der Waals surface area contributed by atoms with E-state index in [1.165, 1.54) is 11.3 Å². The second kappa shape index (κ2) is 3.38. The minimum atomic E-state index is 0.475. The first kappa shape index (κ1) is 7.97. The molecule has 66 valence electrons. The minimum absolute atomic E-state index is 0.475. The lowest BCUT2D eigenvalue weighted by Crippen LogP contribution is -2.06. The van der Waals surface area contributed by atoms with Gasteiger partial charge < -0.3 is 4.74 Å². The van der Waals surface area contributed by atoms with Gasteiger partial charge in [-0.25, -0.2) is 10.8 Å². The largest absolute Gasteiger partial charge is 0.381 e. The third-order valence-corrected chi connectivity index (χ3v) is 2.79. The summed E-state index contributed by atoms with van der Waals surface area (Å²) in [7, 11) is 0. The highest BCUT2D eigenvalue weighted by Crippen LogP contribution is 2.27. The molecule has 2 heterocycles. The quantitative estimate of drug-likeness (QED) is 0.531. The zero-order valence-corrected chi connectivity index (χ0v) is 7.43. The smallest absolute Gasteiger partial charge is 0.197 e. The molecule has 0 amide bonds. The van der Waals surface area contributed by atoms with Crippen LogP contribution < -0.4 is 11.3 Å². The summed E-state index contributed by atoms with van der Waals surface area (Å²) in [4.78, 5) is 4.31.